The molecule has 0 aliphatic carbocycles. The Hall–Kier alpha value is -1.11. The zero-order chi connectivity index (χ0) is 16.2. The number of hydrogen-bond donors (Lipinski definition) is 1. The highest BCUT2D eigenvalue weighted by Gasteiger charge is 2.25. The molecule has 0 radical (unpaired) electrons. The summed E-state index contributed by atoms with van der Waals surface area (Å²) in [6.07, 6.45) is 1.81. The molecule has 0 bridgehead atoms. The highest BCUT2D eigenvalue weighted by molar-refractivity contribution is 7.88. The molecule has 5 nitrogen and oxygen atoms in total. The summed E-state index contributed by atoms with van der Waals surface area (Å²) in [6, 6.07) is 6.69. The van der Waals surface area contributed by atoms with E-state index in [1.54, 1.807) is 29.2 Å². The first-order valence-corrected chi connectivity index (χ1v) is 9.45. The lowest BCUT2D eigenvalue weighted by Crippen LogP contribution is -2.46. The van der Waals surface area contributed by atoms with Gasteiger partial charge in [0.2, 0.25) is 15.9 Å². The van der Waals surface area contributed by atoms with Crippen molar-refractivity contribution in [2.45, 2.75) is 38.0 Å². The molecule has 1 amide bonds. The number of nitrogens with zero attached hydrogens (tertiary/aromatic N) is 1. The first-order valence-electron chi connectivity index (χ1n) is 7.42. The summed E-state index contributed by atoms with van der Waals surface area (Å²) in [4.78, 5) is 13.4. The van der Waals surface area contributed by atoms with Crippen LogP contribution in [-0.2, 0) is 20.6 Å². The largest absolute Gasteiger partial charge is 0.343 e. The Kier molecular flexibility index (Phi) is 5.83. The quantitative estimate of drug-likeness (QED) is 0.890. The van der Waals surface area contributed by atoms with Gasteiger partial charge in [0.25, 0.3) is 0 Å². The topological polar surface area (TPSA) is 66.5 Å². The summed E-state index contributed by atoms with van der Waals surface area (Å²) >= 11 is 5.79. The van der Waals surface area contributed by atoms with E-state index in [1.807, 2.05) is 6.92 Å². The number of halogens is 1. The van der Waals surface area contributed by atoms with Gasteiger partial charge in [0.1, 0.15) is 0 Å². The number of nitrogens with one attached hydrogen (secondary N) is 1. The number of carbonyl (C=O) groups excluding carboxylic acids is 1. The predicted octanol–water partition coefficient (Wildman–Crippen LogP) is 2.16. The molecule has 1 heterocycles. The number of carbonyl (C=O) groups is 1. The first kappa shape index (κ1) is 17.2. The van der Waals surface area contributed by atoms with Crippen LogP contribution >= 0.6 is 11.6 Å². The van der Waals surface area contributed by atoms with Crippen molar-refractivity contribution in [3.63, 3.8) is 0 Å². The SMILES string of the molecule is CCC(=O)N1CCC(NS(=O)(=O)Cc2ccc(Cl)cc2)CC1. The molecular formula is C15H21ClN2O3S. The van der Waals surface area contributed by atoms with Crippen molar-refractivity contribution in [2.24, 2.45) is 0 Å². The molecule has 1 aliphatic heterocycles. The Morgan fingerprint density at radius 2 is 1.86 bits per heavy atom. The lowest BCUT2D eigenvalue weighted by molar-refractivity contribution is -0.131. The zero-order valence-electron chi connectivity index (χ0n) is 12.6. The summed E-state index contributed by atoms with van der Waals surface area (Å²) < 4.78 is 27.1. The number of benzene rings is 1. The second kappa shape index (κ2) is 7.44. The molecule has 0 spiro atoms. The monoisotopic (exact) mass is 344 g/mol. The van der Waals surface area contributed by atoms with E-state index in [9.17, 15) is 13.2 Å². The Morgan fingerprint density at radius 3 is 2.41 bits per heavy atom. The van der Waals surface area contributed by atoms with Gasteiger partial charge in [-0.25, -0.2) is 13.1 Å². The summed E-state index contributed by atoms with van der Waals surface area (Å²) in [5, 5.41) is 0.585. The van der Waals surface area contributed by atoms with Crippen LogP contribution in [0, 0.1) is 0 Å². The molecule has 7 heteroatoms. The fourth-order valence-corrected chi connectivity index (χ4v) is 4.15. The molecule has 2 rings (SSSR count). The maximum Gasteiger partial charge on any atom is 0.222 e. The second-order valence-corrected chi connectivity index (χ2v) is 7.70. The molecule has 1 saturated heterocycles. The van der Waals surface area contributed by atoms with Crippen LogP contribution in [0.3, 0.4) is 0 Å². The Morgan fingerprint density at radius 1 is 1.27 bits per heavy atom. The molecule has 0 unspecified atom stereocenters. The van der Waals surface area contributed by atoms with Gasteiger partial charge in [-0.2, -0.15) is 0 Å². The molecule has 122 valence electrons. The van der Waals surface area contributed by atoms with Crippen molar-refractivity contribution < 1.29 is 13.2 Å². The van der Waals surface area contributed by atoms with Crippen molar-refractivity contribution in [2.75, 3.05) is 13.1 Å². The molecule has 0 saturated carbocycles. The van der Waals surface area contributed by atoms with Crippen LogP contribution < -0.4 is 4.72 Å². The van der Waals surface area contributed by atoms with E-state index in [-0.39, 0.29) is 17.7 Å². The van der Waals surface area contributed by atoms with Crippen molar-refractivity contribution in [3.8, 4) is 0 Å². The van der Waals surface area contributed by atoms with Crippen molar-refractivity contribution >= 4 is 27.5 Å². The van der Waals surface area contributed by atoms with E-state index in [0.29, 0.717) is 42.9 Å². The lowest BCUT2D eigenvalue weighted by atomic mass is 10.1. The summed E-state index contributed by atoms with van der Waals surface area (Å²) in [5.74, 6) is 0.0700. The number of rotatable bonds is 5. The standard InChI is InChI=1S/C15H21ClN2O3S/c1-2-15(19)18-9-7-14(8-10-18)17-22(20,21)11-12-3-5-13(16)6-4-12/h3-6,14,17H,2,7-11H2,1H3. The minimum atomic E-state index is -3.39. The Bertz CT molecular complexity index is 608. The van der Waals surface area contributed by atoms with E-state index in [0.717, 1.165) is 0 Å². The molecule has 1 N–H and O–H groups in total. The van der Waals surface area contributed by atoms with E-state index in [2.05, 4.69) is 4.72 Å². The number of amides is 1. The minimum Gasteiger partial charge on any atom is -0.343 e. The highest BCUT2D eigenvalue weighted by Crippen LogP contribution is 2.15. The molecule has 1 aromatic rings. The van der Waals surface area contributed by atoms with Gasteiger partial charge in [-0.1, -0.05) is 30.7 Å². The highest BCUT2D eigenvalue weighted by atomic mass is 35.5. The van der Waals surface area contributed by atoms with Gasteiger partial charge < -0.3 is 4.90 Å². The number of likely N-dealkylation sites (tertiary alicyclic amines) is 1. The first-order chi connectivity index (χ1) is 10.4. The number of piperidine rings is 1. The Labute approximate surface area is 136 Å². The molecule has 1 aromatic carbocycles. The maximum atomic E-state index is 12.2. The van der Waals surface area contributed by atoms with Gasteiger partial charge >= 0.3 is 0 Å². The molecular weight excluding hydrogens is 324 g/mol. The molecule has 1 aliphatic rings. The number of hydrogen-bond acceptors (Lipinski definition) is 3. The van der Waals surface area contributed by atoms with Gasteiger partial charge in [0.15, 0.2) is 0 Å². The van der Waals surface area contributed by atoms with E-state index in [4.69, 9.17) is 11.6 Å². The normalized spacial score (nSPS) is 16.7. The van der Waals surface area contributed by atoms with Crippen LogP contribution in [0.25, 0.3) is 0 Å². The van der Waals surface area contributed by atoms with Gasteiger partial charge in [-0.15, -0.1) is 0 Å². The van der Waals surface area contributed by atoms with Crippen molar-refractivity contribution in [1.82, 2.24) is 9.62 Å². The third-order valence-corrected chi connectivity index (χ3v) is 5.42. The smallest absolute Gasteiger partial charge is 0.222 e. The van der Waals surface area contributed by atoms with E-state index in [1.165, 1.54) is 0 Å². The van der Waals surface area contributed by atoms with Crippen LogP contribution in [0.5, 0.6) is 0 Å². The lowest BCUT2D eigenvalue weighted by Gasteiger charge is -2.32. The maximum absolute atomic E-state index is 12.2. The van der Waals surface area contributed by atoms with Crippen LogP contribution in [0.1, 0.15) is 31.7 Å². The van der Waals surface area contributed by atoms with Crippen LogP contribution in [0.4, 0.5) is 0 Å². The fourth-order valence-electron chi connectivity index (χ4n) is 2.57. The third kappa shape index (κ3) is 4.97. The fraction of sp³-hybridized carbons (Fsp3) is 0.533. The predicted molar refractivity (Wildman–Crippen MR) is 87.1 cm³/mol. The summed E-state index contributed by atoms with van der Waals surface area (Å²) in [7, 11) is -3.39. The third-order valence-electron chi connectivity index (χ3n) is 3.77. The van der Waals surface area contributed by atoms with Crippen LogP contribution in [-0.4, -0.2) is 38.4 Å². The minimum absolute atomic E-state index is 0.0573. The molecule has 22 heavy (non-hydrogen) atoms. The van der Waals surface area contributed by atoms with Gasteiger partial charge in [0, 0.05) is 30.6 Å². The molecule has 1 fully saturated rings. The second-order valence-electron chi connectivity index (χ2n) is 5.51. The average molecular weight is 345 g/mol. The van der Waals surface area contributed by atoms with Crippen LogP contribution in [0.15, 0.2) is 24.3 Å². The van der Waals surface area contributed by atoms with Gasteiger partial charge in [-0.3, -0.25) is 4.79 Å². The molecule has 0 aromatic heterocycles. The zero-order valence-corrected chi connectivity index (χ0v) is 14.2. The van der Waals surface area contributed by atoms with Crippen LogP contribution in [0.2, 0.25) is 5.02 Å². The van der Waals surface area contributed by atoms with Gasteiger partial charge in [0.05, 0.1) is 5.75 Å². The average Bonchev–Trinajstić information content (AvgIpc) is 2.49. The van der Waals surface area contributed by atoms with E-state index < -0.39 is 10.0 Å². The van der Waals surface area contributed by atoms with E-state index >= 15 is 0 Å². The summed E-state index contributed by atoms with van der Waals surface area (Å²) in [5.41, 5.74) is 0.704. The summed E-state index contributed by atoms with van der Waals surface area (Å²) in [6.45, 7) is 3.06. The van der Waals surface area contributed by atoms with Crippen molar-refractivity contribution in [1.29, 1.82) is 0 Å². The molecule has 0 atom stereocenters. The van der Waals surface area contributed by atoms with Gasteiger partial charge in [-0.05, 0) is 30.5 Å². The van der Waals surface area contributed by atoms with Crippen molar-refractivity contribution in [3.05, 3.63) is 34.9 Å². The Balaban J connectivity index is 1.88. The number of sulfonamides is 1.